The smallest absolute Gasteiger partial charge is 0.346 e. The summed E-state index contributed by atoms with van der Waals surface area (Å²) in [5.74, 6) is 0. The van der Waals surface area contributed by atoms with Gasteiger partial charge in [0.15, 0.2) is 0 Å². The Kier molecular flexibility index (Phi) is 2.40. The lowest BCUT2D eigenvalue weighted by atomic mass is 9.97. The molecule has 0 radical (unpaired) electrons. The van der Waals surface area contributed by atoms with Gasteiger partial charge in [-0.1, -0.05) is 6.42 Å². The van der Waals surface area contributed by atoms with Gasteiger partial charge in [-0.2, -0.15) is 4.89 Å². The predicted molar refractivity (Wildman–Crippen MR) is 37.9 cm³/mol. The highest BCUT2D eigenvalue weighted by atomic mass is 31.1. The van der Waals surface area contributed by atoms with Crippen molar-refractivity contribution in [3.8, 4) is 0 Å². The van der Waals surface area contributed by atoms with Gasteiger partial charge in [-0.3, -0.25) is 0 Å². The Labute approximate surface area is 60.9 Å². The number of aliphatic hydroxyl groups is 1. The van der Waals surface area contributed by atoms with Crippen molar-refractivity contribution < 1.29 is 14.6 Å². The molecule has 2 N–H and O–H groups in total. The van der Waals surface area contributed by atoms with E-state index in [0.717, 1.165) is 19.3 Å². The summed E-state index contributed by atoms with van der Waals surface area (Å²) in [5, 5.41) is 8.16. The molecule has 1 rings (SSSR count). The highest BCUT2D eigenvalue weighted by Gasteiger charge is 2.47. The van der Waals surface area contributed by atoms with Crippen LogP contribution in [0.15, 0.2) is 0 Å². The molecule has 3 nitrogen and oxygen atoms in total. The van der Waals surface area contributed by atoms with Crippen LogP contribution < -0.4 is 0 Å². The SMILES string of the molecule is O=[P+](O)C1(O)CCCCC1. The van der Waals surface area contributed by atoms with E-state index in [4.69, 9.17) is 4.89 Å². The molecule has 4 heteroatoms. The lowest BCUT2D eigenvalue weighted by Crippen LogP contribution is -2.26. The first kappa shape index (κ1) is 8.12. The second kappa shape index (κ2) is 2.95. The summed E-state index contributed by atoms with van der Waals surface area (Å²) in [5.41, 5.74) is 0. The molecule has 0 aromatic rings. The Hall–Kier alpha value is 0.0200. The summed E-state index contributed by atoms with van der Waals surface area (Å²) in [6, 6.07) is 0. The average molecular weight is 163 g/mol. The van der Waals surface area contributed by atoms with Crippen molar-refractivity contribution in [3.05, 3.63) is 0 Å². The minimum absolute atomic E-state index is 0.485. The molecule has 0 amide bonds. The van der Waals surface area contributed by atoms with Crippen LogP contribution in [0.4, 0.5) is 0 Å². The molecule has 0 saturated heterocycles. The van der Waals surface area contributed by atoms with Gasteiger partial charge in [0.05, 0.1) is 0 Å². The molecule has 0 bridgehead atoms. The van der Waals surface area contributed by atoms with E-state index in [2.05, 4.69) is 0 Å². The molecule has 0 spiro atoms. The Bertz CT molecular complexity index is 140. The second-order valence-electron chi connectivity index (χ2n) is 2.82. The quantitative estimate of drug-likeness (QED) is 0.574. The monoisotopic (exact) mass is 163 g/mol. The van der Waals surface area contributed by atoms with E-state index in [0.29, 0.717) is 12.8 Å². The van der Waals surface area contributed by atoms with Crippen LogP contribution >= 0.6 is 8.03 Å². The zero-order chi connectivity index (χ0) is 7.61. The van der Waals surface area contributed by atoms with Crippen LogP contribution in [0.2, 0.25) is 0 Å². The molecule has 0 aromatic carbocycles. The topological polar surface area (TPSA) is 57.5 Å². The van der Waals surface area contributed by atoms with Crippen LogP contribution in [-0.2, 0) is 4.57 Å². The van der Waals surface area contributed by atoms with Gasteiger partial charge in [-0.05, 0) is 17.4 Å². The van der Waals surface area contributed by atoms with Crippen LogP contribution in [0.5, 0.6) is 0 Å². The fraction of sp³-hybridized carbons (Fsp3) is 1.00. The molecule has 0 aromatic heterocycles. The van der Waals surface area contributed by atoms with E-state index in [1.807, 2.05) is 0 Å². The van der Waals surface area contributed by atoms with Gasteiger partial charge in [0.1, 0.15) is 0 Å². The van der Waals surface area contributed by atoms with Gasteiger partial charge in [0, 0.05) is 12.8 Å². The summed E-state index contributed by atoms with van der Waals surface area (Å²) in [4.78, 5) is 8.70. The molecule has 1 unspecified atom stereocenters. The summed E-state index contributed by atoms with van der Waals surface area (Å²) >= 11 is 0. The fourth-order valence-corrected chi connectivity index (χ4v) is 2.01. The van der Waals surface area contributed by atoms with Gasteiger partial charge in [0.2, 0.25) is 0 Å². The maximum atomic E-state index is 10.6. The standard InChI is InChI=1S/C6H11O3P/c7-6(10(8)9)4-2-1-3-5-6/h7H,1-5H2/p+1. The van der Waals surface area contributed by atoms with Crippen molar-refractivity contribution in [1.82, 2.24) is 0 Å². The van der Waals surface area contributed by atoms with Gasteiger partial charge in [-0.25, -0.2) is 0 Å². The van der Waals surface area contributed by atoms with Crippen molar-refractivity contribution in [1.29, 1.82) is 0 Å². The van der Waals surface area contributed by atoms with E-state index in [1.54, 1.807) is 0 Å². The molecule has 10 heavy (non-hydrogen) atoms. The zero-order valence-corrected chi connectivity index (χ0v) is 6.68. The Balaban J connectivity index is 2.56. The molecule has 0 aliphatic heterocycles. The Morgan fingerprint density at radius 1 is 1.20 bits per heavy atom. The molecule has 0 heterocycles. The van der Waals surface area contributed by atoms with Crippen molar-refractivity contribution >= 4 is 8.03 Å². The van der Waals surface area contributed by atoms with Crippen LogP contribution in [0.3, 0.4) is 0 Å². The largest absolute Gasteiger partial charge is 0.540 e. The zero-order valence-electron chi connectivity index (χ0n) is 5.79. The highest BCUT2D eigenvalue weighted by Crippen LogP contribution is 2.43. The van der Waals surface area contributed by atoms with Crippen LogP contribution in [-0.4, -0.2) is 15.3 Å². The molecule has 1 fully saturated rings. The Morgan fingerprint density at radius 2 is 1.70 bits per heavy atom. The van der Waals surface area contributed by atoms with Crippen molar-refractivity contribution in [3.63, 3.8) is 0 Å². The van der Waals surface area contributed by atoms with Crippen molar-refractivity contribution in [2.75, 3.05) is 0 Å². The molecular formula is C6H12O3P+. The Morgan fingerprint density at radius 3 is 2.00 bits per heavy atom. The van der Waals surface area contributed by atoms with Crippen LogP contribution in [0, 0.1) is 0 Å². The van der Waals surface area contributed by atoms with E-state index >= 15 is 0 Å². The maximum absolute atomic E-state index is 10.6. The molecule has 1 aliphatic carbocycles. The third-order valence-electron chi connectivity index (χ3n) is 2.01. The molecule has 1 saturated carbocycles. The lowest BCUT2D eigenvalue weighted by Gasteiger charge is -2.19. The molecular weight excluding hydrogens is 151 g/mol. The molecule has 1 aliphatic rings. The van der Waals surface area contributed by atoms with Gasteiger partial charge in [0.25, 0.3) is 5.34 Å². The van der Waals surface area contributed by atoms with Gasteiger partial charge < -0.3 is 5.11 Å². The van der Waals surface area contributed by atoms with Crippen LogP contribution in [0.1, 0.15) is 32.1 Å². The van der Waals surface area contributed by atoms with E-state index in [9.17, 15) is 9.67 Å². The first-order valence-electron chi connectivity index (χ1n) is 3.54. The first-order valence-corrected chi connectivity index (χ1v) is 4.75. The predicted octanol–water partition coefficient (Wildman–Crippen LogP) is 1.37. The van der Waals surface area contributed by atoms with E-state index in [-0.39, 0.29) is 0 Å². The summed E-state index contributed by atoms with van der Waals surface area (Å²) in [6.45, 7) is 0. The average Bonchev–Trinajstić information content (AvgIpc) is 1.89. The minimum Gasteiger partial charge on any atom is -0.346 e. The summed E-state index contributed by atoms with van der Waals surface area (Å²) in [6.07, 6.45) is 3.79. The third kappa shape index (κ3) is 1.54. The second-order valence-corrected chi connectivity index (χ2v) is 4.19. The van der Waals surface area contributed by atoms with Gasteiger partial charge in [-0.15, -0.1) is 0 Å². The molecule has 1 atom stereocenters. The van der Waals surface area contributed by atoms with Crippen LogP contribution in [0.25, 0.3) is 0 Å². The summed E-state index contributed by atoms with van der Waals surface area (Å²) in [7, 11) is -2.40. The number of hydrogen-bond acceptors (Lipinski definition) is 2. The van der Waals surface area contributed by atoms with E-state index < -0.39 is 13.4 Å². The van der Waals surface area contributed by atoms with Crippen molar-refractivity contribution in [2.24, 2.45) is 0 Å². The lowest BCUT2D eigenvalue weighted by molar-refractivity contribution is 0.0756. The minimum atomic E-state index is -2.40. The summed E-state index contributed by atoms with van der Waals surface area (Å²) < 4.78 is 10.6. The number of hydrogen-bond donors (Lipinski definition) is 2. The van der Waals surface area contributed by atoms with Crippen molar-refractivity contribution in [2.45, 2.75) is 37.4 Å². The fourth-order valence-electron chi connectivity index (χ4n) is 1.31. The van der Waals surface area contributed by atoms with E-state index in [1.165, 1.54) is 0 Å². The first-order chi connectivity index (χ1) is 4.65. The molecule has 58 valence electrons. The normalized spacial score (nSPS) is 26.0. The van der Waals surface area contributed by atoms with Gasteiger partial charge >= 0.3 is 8.03 Å². The number of rotatable bonds is 1. The highest BCUT2D eigenvalue weighted by molar-refractivity contribution is 7.39. The maximum Gasteiger partial charge on any atom is 0.540 e. The third-order valence-corrected chi connectivity index (χ3v) is 3.17.